The van der Waals surface area contributed by atoms with Crippen LogP contribution in [0, 0.1) is 6.92 Å². The van der Waals surface area contributed by atoms with Gasteiger partial charge in [0.15, 0.2) is 11.0 Å². The number of benzene rings is 2. The molecule has 2 aromatic carbocycles. The first-order valence-electron chi connectivity index (χ1n) is 10.1. The number of amides is 1. The molecule has 8 heteroatoms. The highest BCUT2D eigenvalue weighted by Gasteiger charge is 2.24. The van der Waals surface area contributed by atoms with Crippen LogP contribution in [-0.4, -0.2) is 31.1 Å². The van der Waals surface area contributed by atoms with Crippen molar-refractivity contribution in [2.75, 3.05) is 5.32 Å². The Kier molecular flexibility index (Phi) is 6.47. The van der Waals surface area contributed by atoms with Crippen LogP contribution in [-0.2, 0) is 11.2 Å². The van der Waals surface area contributed by atoms with Crippen molar-refractivity contribution in [3.8, 4) is 5.69 Å². The normalized spacial score (nSPS) is 11.9. The molecule has 4 aromatic rings. The third kappa shape index (κ3) is 5.03. The maximum atomic E-state index is 12.8. The molecule has 1 atom stereocenters. The molecule has 0 saturated carbocycles. The summed E-state index contributed by atoms with van der Waals surface area (Å²) in [7, 11) is 0. The summed E-state index contributed by atoms with van der Waals surface area (Å²) in [6, 6.07) is 21.8. The van der Waals surface area contributed by atoms with Crippen molar-refractivity contribution in [3.05, 3.63) is 83.9 Å². The van der Waals surface area contributed by atoms with Gasteiger partial charge in [0.1, 0.15) is 11.6 Å². The van der Waals surface area contributed by atoms with Crippen LogP contribution in [0.5, 0.6) is 0 Å². The zero-order chi connectivity index (χ0) is 21.6. The molecule has 1 amide bonds. The largest absolute Gasteiger partial charge is 0.360 e. The van der Waals surface area contributed by atoms with Crippen molar-refractivity contribution in [3.63, 3.8) is 0 Å². The van der Waals surface area contributed by atoms with Gasteiger partial charge >= 0.3 is 0 Å². The first-order chi connectivity index (χ1) is 15.1. The van der Waals surface area contributed by atoms with Crippen molar-refractivity contribution >= 4 is 23.5 Å². The molecule has 2 aromatic heterocycles. The number of rotatable bonds is 8. The van der Waals surface area contributed by atoms with Crippen LogP contribution in [0.3, 0.4) is 0 Å². The quantitative estimate of drug-likeness (QED) is 0.407. The fraction of sp³-hybridized carbons (Fsp3) is 0.217. The summed E-state index contributed by atoms with van der Waals surface area (Å²) in [6.45, 7) is 3.75. The Morgan fingerprint density at radius 1 is 1.10 bits per heavy atom. The lowest BCUT2D eigenvalue weighted by atomic mass is 10.1. The number of hydrogen-bond acceptors (Lipinski definition) is 6. The summed E-state index contributed by atoms with van der Waals surface area (Å²) >= 11 is 1.39. The summed E-state index contributed by atoms with van der Waals surface area (Å²) in [6.07, 6.45) is 1.27. The van der Waals surface area contributed by atoms with E-state index < -0.39 is 0 Å². The van der Waals surface area contributed by atoms with Crippen LogP contribution in [0.15, 0.2) is 76.4 Å². The van der Waals surface area contributed by atoms with Gasteiger partial charge in [-0.05, 0) is 31.0 Å². The average Bonchev–Trinajstić information content (AvgIpc) is 3.38. The van der Waals surface area contributed by atoms with E-state index in [0.29, 0.717) is 29.6 Å². The van der Waals surface area contributed by atoms with E-state index in [1.54, 1.807) is 13.0 Å². The number of para-hydroxylation sites is 1. The molecule has 4 rings (SSSR count). The van der Waals surface area contributed by atoms with E-state index >= 15 is 0 Å². The van der Waals surface area contributed by atoms with E-state index in [1.807, 2.05) is 60.0 Å². The van der Waals surface area contributed by atoms with Crippen molar-refractivity contribution in [1.29, 1.82) is 0 Å². The van der Waals surface area contributed by atoms with Gasteiger partial charge in [0.05, 0.1) is 5.25 Å². The number of carbonyl (C=O) groups excluding carboxylic acids is 1. The van der Waals surface area contributed by atoms with Gasteiger partial charge in [0.25, 0.3) is 0 Å². The van der Waals surface area contributed by atoms with Gasteiger partial charge in [-0.25, -0.2) is 0 Å². The first kappa shape index (κ1) is 20.9. The Bertz CT molecular complexity index is 1140. The zero-order valence-electron chi connectivity index (χ0n) is 17.4. The van der Waals surface area contributed by atoms with Crippen molar-refractivity contribution in [2.24, 2.45) is 0 Å². The second-order valence-electron chi connectivity index (χ2n) is 7.06. The maximum Gasteiger partial charge on any atom is 0.239 e. The molecule has 0 unspecified atom stereocenters. The fourth-order valence-electron chi connectivity index (χ4n) is 3.19. The highest BCUT2D eigenvalue weighted by Crippen LogP contribution is 2.29. The summed E-state index contributed by atoms with van der Waals surface area (Å²) in [4.78, 5) is 12.8. The van der Waals surface area contributed by atoms with E-state index in [-0.39, 0.29) is 11.2 Å². The van der Waals surface area contributed by atoms with Crippen molar-refractivity contribution < 1.29 is 9.32 Å². The SMILES string of the molecule is CC[C@H](Sc1nnc(Cc2ccccc2)n1-c1ccccc1)C(=O)Nc1cc(C)on1. The smallest absolute Gasteiger partial charge is 0.239 e. The molecule has 2 heterocycles. The predicted octanol–water partition coefficient (Wildman–Crippen LogP) is 4.66. The highest BCUT2D eigenvalue weighted by molar-refractivity contribution is 8.00. The van der Waals surface area contributed by atoms with Crippen LogP contribution >= 0.6 is 11.8 Å². The second-order valence-corrected chi connectivity index (χ2v) is 8.23. The fourth-order valence-corrected chi connectivity index (χ4v) is 4.18. The van der Waals surface area contributed by atoms with Gasteiger partial charge in [0, 0.05) is 18.2 Å². The van der Waals surface area contributed by atoms with Crippen molar-refractivity contribution in [2.45, 2.75) is 37.1 Å². The van der Waals surface area contributed by atoms with Gasteiger partial charge in [-0.1, -0.05) is 72.4 Å². The highest BCUT2D eigenvalue weighted by atomic mass is 32.2. The van der Waals surface area contributed by atoms with Crippen LogP contribution in [0.25, 0.3) is 5.69 Å². The second kappa shape index (κ2) is 9.61. The minimum atomic E-state index is -0.353. The Labute approximate surface area is 184 Å². The molecular formula is C23H23N5O2S. The summed E-state index contributed by atoms with van der Waals surface area (Å²) < 4.78 is 7.06. The minimum absolute atomic E-state index is 0.145. The Morgan fingerprint density at radius 2 is 1.81 bits per heavy atom. The third-order valence-electron chi connectivity index (χ3n) is 4.71. The number of hydrogen-bond donors (Lipinski definition) is 1. The van der Waals surface area contributed by atoms with Crippen LogP contribution < -0.4 is 5.32 Å². The molecule has 0 saturated heterocycles. The lowest BCUT2D eigenvalue weighted by Gasteiger charge is -2.15. The van der Waals surface area contributed by atoms with Gasteiger partial charge in [-0.15, -0.1) is 10.2 Å². The van der Waals surface area contributed by atoms with Gasteiger partial charge in [-0.2, -0.15) is 0 Å². The zero-order valence-corrected chi connectivity index (χ0v) is 18.2. The van der Waals surface area contributed by atoms with Gasteiger partial charge < -0.3 is 9.84 Å². The van der Waals surface area contributed by atoms with Gasteiger partial charge in [0.2, 0.25) is 5.91 Å². The van der Waals surface area contributed by atoms with Crippen LogP contribution in [0.1, 0.15) is 30.5 Å². The monoisotopic (exact) mass is 433 g/mol. The van der Waals surface area contributed by atoms with Crippen LogP contribution in [0.2, 0.25) is 0 Å². The molecule has 0 bridgehead atoms. The molecule has 0 radical (unpaired) electrons. The van der Waals surface area contributed by atoms with Crippen molar-refractivity contribution in [1.82, 2.24) is 19.9 Å². The van der Waals surface area contributed by atoms with E-state index in [9.17, 15) is 4.79 Å². The summed E-state index contributed by atoms with van der Waals surface area (Å²) in [5, 5.41) is 15.9. The summed E-state index contributed by atoms with van der Waals surface area (Å²) in [5.74, 6) is 1.73. The molecule has 1 N–H and O–H groups in total. The third-order valence-corrected chi connectivity index (χ3v) is 6.02. The topological polar surface area (TPSA) is 85.8 Å². The van der Waals surface area contributed by atoms with E-state index in [2.05, 4.69) is 32.8 Å². The Morgan fingerprint density at radius 3 is 2.45 bits per heavy atom. The standard InChI is InChI=1S/C23H23N5O2S/c1-3-19(22(29)24-20-14-16(2)30-27-20)31-23-26-25-21(15-17-10-6-4-7-11-17)28(23)18-12-8-5-9-13-18/h4-14,19H,3,15H2,1-2H3,(H,24,27,29)/t19-/m0/s1. The molecule has 0 aliphatic rings. The molecule has 7 nitrogen and oxygen atoms in total. The number of carbonyl (C=O) groups is 1. The molecule has 0 fully saturated rings. The number of aromatic nitrogens is 4. The Hall–Kier alpha value is -3.39. The number of aryl methyl sites for hydroxylation is 1. The van der Waals surface area contributed by atoms with Gasteiger partial charge in [-0.3, -0.25) is 9.36 Å². The molecule has 31 heavy (non-hydrogen) atoms. The molecule has 0 spiro atoms. The number of thioether (sulfide) groups is 1. The average molecular weight is 434 g/mol. The van der Waals surface area contributed by atoms with E-state index in [1.165, 1.54) is 11.8 Å². The number of nitrogens with zero attached hydrogens (tertiary/aromatic N) is 4. The first-order valence-corrected chi connectivity index (χ1v) is 11.0. The van der Waals surface area contributed by atoms with E-state index in [0.717, 1.165) is 17.1 Å². The summed E-state index contributed by atoms with van der Waals surface area (Å²) in [5.41, 5.74) is 2.11. The molecule has 0 aliphatic heterocycles. The van der Waals surface area contributed by atoms with Crippen LogP contribution in [0.4, 0.5) is 5.82 Å². The minimum Gasteiger partial charge on any atom is -0.360 e. The molecule has 158 valence electrons. The lowest BCUT2D eigenvalue weighted by molar-refractivity contribution is -0.115. The molecule has 0 aliphatic carbocycles. The maximum absolute atomic E-state index is 12.8. The Balaban J connectivity index is 1.61. The lowest BCUT2D eigenvalue weighted by Crippen LogP contribution is -2.25. The predicted molar refractivity (Wildman–Crippen MR) is 120 cm³/mol. The molecular weight excluding hydrogens is 410 g/mol. The number of nitrogens with one attached hydrogen (secondary N) is 1. The number of anilines is 1. The van der Waals surface area contributed by atoms with E-state index in [4.69, 9.17) is 4.52 Å².